The van der Waals surface area contributed by atoms with Crippen LogP contribution in [0, 0.1) is 5.82 Å². The first kappa shape index (κ1) is 26.5. The number of aromatic nitrogens is 1. The zero-order valence-electron chi connectivity index (χ0n) is 20.4. The number of nitrogens with zero attached hydrogens (tertiary/aromatic N) is 2. The van der Waals surface area contributed by atoms with E-state index in [0.717, 1.165) is 11.6 Å². The zero-order chi connectivity index (χ0) is 27.1. The zero-order valence-corrected chi connectivity index (χ0v) is 21.1. The number of piperidine rings is 1. The largest absolute Gasteiger partial charge is 0.433 e. The lowest BCUT2D eigenvalue weighted by molar-refractivity contribution is -0.140. The summed E-state index contributed by atoms with van der Waals surface area (Å²) in [6, 6.07) is 11.3. The van der Waals surface area contributed by atoms with Crippen molar-refractivity contribution in [3.8, 4) is 0 Å². The minimum Gasteiger partial charge on any atom is -0.393 e. The van der Waals surface area contributed by atoms with Crippen LogP contribution in [-0.2, 0) is 11.6 Å². The Hall–Kier alpha value is -3.11. The van der Waals surface area contributed by atoms with E-state index in [-0.39, 0.29) is 41.7 Å². The van der Waals surface area contributed by atoms with Crippen LogP contribution in [-0.4, -0.2) is 52.8 Å². The molecule has 2 fully saturated rings. The van der Waals surface area contributed by atoms with Crippen molar-refractivity contribution >= 4 is 34.2 Å². The summed E-state index contributed by atoms with van der Waals surface area (Å²) in [6.45, 7) is 1.08. The number of aliphatic hydroxyl groups excluding tert-OH is 1. The molecule has 0 spiro atoms. The number of likely N-dealkylation sites (tertiary alicyclic amines) is 1. The quantitative estimate of drug-likeness (QED) is 0.355. The van der Waals surface area contributed by atoms with Gasteiger partial charge >= 0.3 is 12.2 Å². The van der Waals surface area contributed by atoms with Gasteiger partial charge in [0.15, 0.2) is 0 Å². The van der Waals surface area contributed by atoms with E-state index in [0.29, 0.717) is 49.2 Å². The van der Waals surface area contributed by atoms with E-state index in [4.69, 9.17) is 11.6 Å². The van der Waals surface area contributed by atoms with E-state index in [2.05, 4.69) is 15.6 Å². The van der Waals surface area contributed by atoms with Gasteiger partial charge in [-0.1, -0.05) is 23.7 Å². The maximum Gasteiger partial charge on any atom is 0.433 e. The molecular formula is C27H27ClF4N4O2. The number of nitrogens with one attached hydrogen (secondary N) is 2. The Morgan fingerprint density at radius 2 is 1.79 bits per heavy atom. The van der Waals surface area contributed by atoms with E-state index >= 15 is 0 Å². The van der Waals surface area contributed by atoms with Gasteiger partial charge < -0.3 is 20.6 Å². The van der Waals surface area contributed by atoms with Crippen molar-refractivity contribution in [1.82, 2.24) is 15.2 Å². The smallest absolute Gasteiger partial charge is 0.393 e. The second-order valence-corrected chi connectivity index (χ2v) is 10.6. The number of hydrogen-bond donors (Lipinski definition) is 3. The molecule has 1 aromatic heterocycles. The maximum absolute atomic E-state index is 13.7. The SMILES string of the molecule is O=C(NC1CC(O)C1)N1CCC(CNc2cc(C(F)(F)F)nc3ccc(Cl)cc23)(c2ccc(F)cc2)CC1. The van der Waals surface area contributed by atoms with Gasteiger partial charge in [-0.2, -0.15) is 13.2 Å². The number of anilines is 1. The van der Waals surface area contributed by atoms with Crippen molar-refractivity contribution in [2.45, 2.75) is 49.4 Å². The molecule has 1 saturated heterocycles. The van der Waals surface area contributed by atoms with Crippen molar-refractivity contribution < 1.29 is 27.5 Å². The highest BCUT2D eigenvalue weighted by Crippen LogP contribution is 2.39. The van der Waals surface area contributed by atoms with E-state index in [1.54, 1.807) is 23.1 Å². The molecule has 1 aliphatic heterocycles. The second kappa shape index (κ2) is 10.2. The standard InChI is InChI=1S/C27H27ClF4N4O2/c28-17-3-6-22-21(11-17)23(14-24(35-22)27(30,31)32)33-15-26(16-1-4-18(29)5-2-16)7-9-36(10-8-26)25(38)34-19-12-20(37)13-19/h1-6,11,14,19-20,37H,7-10,12-13,15H2,(H,33,35)(H,34,38). The molecule has 3 N–H and O–H groups in total. The predicted octanol–water partition coefficient (Wildman–Crippen LogP) is 5.72. The van der Waals surface area contributed by atoms with Gasteiger partial charge in [0.2, 0.25) is 0 Å². The van der Waals surface area contributed by atoms with Crippen molar-refractivity contribution in [3.05, 3.63) is 70.6 Å². The Bertz CT molecular complexity index is 1320. The van der Waals surface area contributed by atoms with Gasteiger partial charge in [0.1, 0.15) is 11.5 Å². The van der Waals surface area contributed by atoms with Crippen LogP contribution in [0.15, 0.2) is 48.5 Å². The van der Waals surface area contributed by atoms with Gasteiger partial charge in [-0.3, -0.25) is 0 Å². The highest BCUT2D eigenvalue weighted by Gasteiger charge is 2.39. The molecule has 1 aliphatic carbocycles. The van der Waals surface area contributed by atoms with Crippen LogP contribution in [0.5, 0.6) is 0 Å². The highest BCUT2D eigenvalue weighted by atomic mass is 35.5. The number of halogens is 5. The molecule has 6 nitrogen and oxygen atoms in total. The third-order valence-corrected chi connectivity index (χ3v) is 7.82. The van der Waals surface area contributed by atoms with Crippen LogP contribution in [0.3, 0.4) is 0 Å². The van der Waals surface area contributed by atoms with E-state index in [9.17, 15) is 27.5 Å². The first-order chi connectivity index (χ1) is 18.0. The summed E-state index contributed by atoms with van der Waals surface area (Å²) in [7, 11) is 0. The lowest BCUT2D eigenvalue weighted by atomic mass is 9.72. The molecule has 2 aliphatic rings. The van der Waals surface area contributed by atoms with Crippen LogP contribution in [0.2, 0.25) is 5.02 Å². The topological polar surface area (TPSA) is 77.5 Å². The molecule has 38 heavy (non-hydrogen) atoms. The summed E-state index contributed by atoms with van der Waals surface area (Å²) in [4.78, 5) is 18.2. The first-order valence-corrected chi connectivity index (χ1v) is 12.8. The summed E-state index contributed by atoms with van der Waals surface area (Å²) in [5, 5.41) is 16.4. The third kappa shape index (κ3) is 5.51. The lowest BCUT2D eigenvalue weighted by Crippen LogP contribution is -2.55. The normalized spacial score (nSPS) is 21.2. The van der Waals surface area contributed by atoms with Crippen molar-refractivity contribution in [3.63, 3.8) is 0 Å². The fourth-order valence-electron chi connectivity index (χ4n) is 5.23. The molecule has 11 heteroatoms. The summed E-state index contributed by atoms with van der Waals surface area (Å²) < 4.78 is 54.5. The van der Waals surface area contributed by atoms with Crippen LogP contribution < -0.4 is 10.6 Å². The number of urea groups is 1. The summed E-state index contributed by atoms with van der Waals surface area (Å²) in [5.74, 6) is -0.388. The number of carbonyl (C=O) groups is 1. The summed E-state index contributed by atoms with van der Waals surface area (Å²) in [5.41, 5.74) is -0.339. The molecule has 202 valence electrons. The number of benzene rings is 2. The van der Waals surface area contributed by atoms with Gasteiger partial charge in [0.05, 0.1) is 11.6 Å². The van der Waals surface area contributed by atoms with Gasteiger partial charge in [-0.15, -0.1) is 0 Å². The molecule has 3 aromatic rings. The molecule has 2 amide bonds. The number of carbonyl (C=O) groups excluding carboxylic acids is 1. The van der Waals surface area contributed by atoms with Crippen LogP contribution in [0.4, 0.5) is 28.0 Å². The van der Waals surface area contributed by atoms with Gasteiger partial charge in [0.25, 0.3) is 0 Å². The Balaban J connectivity index is 1.40. The Morgan fingerprint density at radius 3 is 2.42 bits per heavy atom. The minimum absolute atomic E-state index is 0.0439. The number of rotatable bonds is 5. The van der Waals surface area contributed by atoms with E-state index < -0.39 is 17.3 Å². The number of hydrogen-bond acceptors (Lipinski definition) is 4. The number of pyridine rings is 1. The van der Waals surface area contributed by atoms with Crippen LogP contribution >= 0.6 is 11.6 Å². The van der Waals surface area contributed by atoms with E-state index in [1.165, 1.54) is 24.3 Å². The minimum atomic E-state index is -4.63. The monoisotopic (exact) mass is 550 g/mol. The second-order valence-electron chi connectivity index (χ2n) is 10.1. The average Bonchev–Trinajstić information content (AvgIpc) is 2.86. The molecule has 5 rings (SSSR count). The Labute approximate surface area is 222 Å². The van der Waals surface area contributed by atoms with Gasteiger partial charge in [-0.05, 0) is 67.6 Å². The maximum atomic E-state index is 13.7. The summed E-state index contributed by atoms with van der Waals surface area (Å²) in [6.07, 6.45) is -2.91. The molecule has 0 unspecified atom stereocenters. The van der Waals surface area contributed by atoms with Gasteiger partial charge in [-0.25, -0.2) is 14.2 Å². The predicted molar refractivity (Wildman–Crippen MR) is 137 cm³/mol. The fourth-order valence-corrected chi connectivity index (χ4v) is 5.41. The highest BCUT2D eigenvalue weighted by molar-refractivity contribution is 6.31. The molecular weight excluding hydrogens is 524 g/mol. The lowest BCUT2D eigenvalue weighted by Gasteiger charge is -2.43. The molecule has 2 heterocycles. The number of aliphatic hydroxyl groups is 1. The van der Waals surface area contributed by atoms with Crippen LogP contribution in [0.25, 0.3) is 10.9 Å². The van der Waals surface area contributed by atoms with Gasteiger partial charge in [0, 0.05) is 47.2 Å². The summed E-state index contributed by atoms with van der Waals surface area (Å²) >= 11 is 6.14. The molecule has 2 aromatic carbocycles. The van der Waals surface area contributed by atoms with Crippen molar-refractivity contribution in [2.24, 2.45) is 0 Å². The molecule has 1 saturated carbocycles. The third-order valence-electron chi connectivity index (χ3n) is 7.58. The Kier molecular flexibility index (Phi) is 7.13. The Morgan fingerprint density at radius 1 is 1.11 bits per heavy atom. The number of fused-ring (bicyclic) bond motifs is 1. The van der Waals surface area contributed by atoms with Crippen molar-refractivity contribution in [2.75, 3.05) is 25.0 Å². The van der Waals surface area contributed by atoms with Crippen molar-refractivity contribution in [1.29, 1.82) is 0 Å². The molecule has 0 bridgehead atoms. The average molecular weight is 551 g/mol. The number of amides is 2. The fraction of sp³-hybridized carbons (Fsp3) is 0.407. The first-order valence-electron chi connectivity index (χ1n) is 12.4. The number of alkyl halides is 3. The van der Waals surface area contributed by atoms with Crippen LogP contribution in [0.1, 0.15) is 36.9 Å². The van der Waals surface area contributed by atoms with E-state index in [1.807, 2.05) is 0 Å². The molecule has 0 atom stereocenters. The molecule has 0 radical (unpaired) electrons.